The van der Waals surface area contributed by atoms with Crippen molar-refractivity contribution in [1.82, 2.24) is 10.2 Å². The number of ether oxygens (including phenoxy) is 1. The second-order valence-corrected chi connectivity index (χ2v) is 7.39. The summed E-state index contributed by atoms with van der Waals surface area (Å²) in [7, 11) is 1.67. The summed E-state index contributed by atoms with van der Waals surface area (Å²) in [5.41, 5.74) is 2.03. The van der Waals surface area contributed by atoms with Gasteiger partial charge in [0.1, 0.15) is 5.75 Å². The zero-order chi connectivity index (χ0) is 19.8. The number of piperidine rings is 1. The molecule has 0 spiro atoms. The van der Waals surface area contributed by atoms with Gasteiger partial charge in [0.15, 0.2) is 0 Å². The van der Waals surface area contributed by atoms with Gasteiger partial charge in [-0.15, -0.1) is 0 Å². The number of hydrogen-bond donors (Lipinski definition) is 1. The molecule has 1 amide bonds. The molecule has 1 fully saturated rings. The van der Waals surface area contributed by atoms with Crippen LogP contribution in [0.15, 0.2) is 54.6 Å². The molecular weight excluding hydrogens is 372 g/mol. The number of methoxy groups -OCH3 is 1. The summed E-state index contributed by atoms with van der Waals surface area (Å²) in [6.07, 6.45) is 6.97. The minimum absolute atomic E-state index is 0.115. The number of carbonyl (C=O) groups is 1. The maximum Gasteiger partial charge on any atom is 0.244 e. The molecule has 2 aromatic rings. The predicted octanol–water partition coefficient (Wildman–Crippen LogP) is 4.71. The Morgan fingerprint density at radius 3 is 2.54 bits per heavy atom. The number of nitrogens with zero attached hydrogens (tertiary/aromatic N) is 1. The van der Waals surface area contributed by atoms with Crippen molar-refractivity contribution < 1.29 is 9.53 Å². The Labute approximate surface area is 172 Å². The van der Waals surface area contributed by atoms with E-state index in [2.05, 4.69) is 22.3 Å². The lowest BCUT2D eigenvalue weighted by atomic mass is 10.0. The number of halogens is 1. The van der Waals surface area contributed by atoms with Crippen LogP contribution >= 0.6 is 11.6 Å². The fourth-order valence-corrected chi connectivity index (χ4v) is 3.74. The van der Waals surface area contributed by atoms with Gasteiger partial charge in [-0.2, -0.15) is 0 Å². The first-order valence-corrected chi connectivity index (χ1v) is 10.1. The molecule has 0 aliphatic carbocycles. The number of nitrogens with one attached hydrogen (secondary N) is 1. The topological polar surface area (TPSA) is 41.6 Å². The minimum Gasteiger partial charge on any atom is -0.497 e. The van der Waals surface area contributed by atoms with Crippen LogP contribution in [0.4, 0.5) is 0 Å². The molecule has 0 aromatic heterocycles. The predicted molar refractivity (Wildman–Crippen MR) is 115 cm³/mol. The monoisotopic (exact) mass is 398 g/mol. The third-order valence-electron chi connectivity index (χ3n) is 5.12. The molecule has 2 aromatic carbocycles. The first-order valence-electron chi connectivity index (χ1n) is 9.76. The van der Waals surface area contributed by atoms with Crippen LogP contribution in [0.1, 0.15) is 36.4 Å². The van der Waals surface area contributed by atoms with Crippen LogP contribution in [0.25, 0.3) is 6.08 Å². The first kappa shape index (κ1) is 20.4. The van der Waals surface area contributed by atoms with E-state index in [4.69, 9.17) is 16.3 Å². The Bertz CT molecular complexity index is 799. The van der Waals surface area contributed by atoms with Gasteiger partial charge in [0, 0.05) is 17.6 Å². The molecule has 1 atom stereocenters. The van der Waals surface area contributed by atoms with E-state index in [9.17, 15) is 4.79 Å². The van der Waals surface area contributed by atoms with Crippen LogP contribution < -0.4 is 10.1 Å². The van der Waals surface area contributed by atoms with Gasteiger partial charge >= 0.3 is 0 Å². The quantitative estimate of drug-likeness (QED) is 0.687. The lowest BCUT2D eigenvalue weighted by molar-refractivity contribution is -0.116. The van der Waals surface area contributed by atoms with E-state index in [-0.39, 0.29) is 11.9 Å². The Morgan fingerprint density at radius 2 is 1.86 bits per heavy atom. The average Bonchev–Trinajstić information content (AvgIpc) is 2.74. The second kappa shape index (κ2) is 10.3. The van der Waals surface area contributed by atoms with E-state index < -0.39 is 0 Å². The van der Waals surface area contributed by atoms with Crippen molar-refractivity contribution in [2.75, 3.05) is 26.7 Å². The highest BCUT2D eigenvalue weighted by atomic mass is 35.5. The standard InChI is InChI=1S/C23H27ClN2O2/c1-28-20-12-9-19(10-13-20)22(26-15-5-2-6-16-26)17-25-23(27)14-11-18-7-3-4-8-21(18)24/h3-4,7-14,22H,2,5-6,15-17H2,1H3,(H,25,27)/b14-11+. The highest BCUT2D eigenvalue weighted by Gasteiger charge is 2.22. The van der Waals surface area contributed by atoms with E-state index in [1.807, 2.05) is 36.4 Å². The molecule has 0 bridgehead atoms. The summed E-state index contributed by atoms with van der Waals surface area (Å²) < 4.78 is 5.27. The van der Waals surface area contributed by atoms with E-state index in [0.29, 0.717) is 11.6 Å². The van der Waals surface area contributed by atoms with Crippen molar-refractivity contribution in [3.63, 3.8) is 0 Å². The van der Waals surface area contributed by atoms with Crippen LogP contribution in [-0.2, 0) is 4.79 Å². The summed E-state index contributed by atoms with van der Waals surface area (Å²) in [4.78, 5) is 14.8. The molecule has 5 heteroatoms. The molecule has 28 heavy (non-hydrogen) atoms. The zero-order valence-corrected chi connectivity index (χ0v) is 17.0. The highest BCUT2D eigenvalue weighted by Crippen LogP contribution is 2.26. The van der Waals surface area contributed by atoms with Crippen LogP contribution in [0.2, 0.25) is 5.02 Å². The normalized spacial score (nSPS) is 16.1. The number of likely N-dealkylation sites (tertiary alicyclic amines) is 1. The first-order chi connectivity index (χ1) is 13.7. The van der Waals surface area contributed by atoms with E-state index in [1.54, 1.807) is 19.3 Å². The van der Waals surface area contributed by atoms with Crippen molar-refractivity contribution in [3.8, 4) is 5.75 Å². The van der Waals surface area contributed by atoms with Crippen molar-refractivity contribution in [1.29, 1.82) is 0 Å². The summed E-state index contributed by atoms with van der Waals surface area (Å²) in [5, 5.41) is 3.69. The third kappa shape index (κ3) is 5.60. The molecule has 0 radical (unpaired) electrons. The van der Waals surface area contributed by atoms with Crippen molar-refractivity contribution in [3.05, 3.63) is 70.8 Å². The summed E-state index contributed by atoms with van der Waals surface area (Å²) in [6, 6.07) is 15.8. The number of rotatable bonds is 7. The summed E-state index contributed by atoms with van der Waals surface area (Å²) in [6.45, 7) is 2.68. The smallest absolute Gasteiger partial charge is 0.244 e. The lowest BCUT2D eigenvalue weighted by Crippen LogP contribution is -2.40. The molecule has 1 heterocycles. The van der Waals surface area contributed by atoms with Crippen molar-refractivity contribution >= 4 is 23.6 Å². The Balaban J connectivity index is 1.66. The van der Waals surface area contributed by atoms with Gasteiger partial charge in [0.05, 0.1) is 13.2 Å². The van der Waals surface area contributed by atoms with Crippen molar-refractivity contribution in [2.45, 2.75) is 25.3 Å². The van der Waals surface area contributed by atoms with Crippen LogP contribution in [-0.4, -0.2) is 37.6 Å². The van der Waals surface area contributed by atoms with E-state index in [0.717, 1.165) is 24.4 Å². The molecule has 3 rings (SSSR count). The maximum atomic E-state index is 12.4. The van der Waals surface area contributed by atoms with Gasteiger partial charge in [0.2, 0.25) is 5.91 Å². The average molecular weight is 399 g/mol. The Hall–Kier alpha value is -2.30. The Kier molecular flexibility index (Phi) is 7.52. The largest absolute Gasteiger partial charge is 0.497 e. The molecule has 1 saturated heterocycles. The van der Waals surface area contributed by atoms with Crippen LogP contribution in [0, 0.1) is 0 Å². The van der Waals surface area contributed by atoms with Gasteiger partial charge < -0.3 is 10.1 Å². The highest BCUT2D eigenvalue weighted by molar-refractivity contribution is 6.32. The number of hydrogen-bond acceptors (Lipinski definition) is 3. The van der Waals surface area contributed by atoms with E-state index in [1.165, 1.54) is 24.8 Å². The number of amides is 1. The molecule has 4 nitrogen and oxygen atoms in total. The fraction of sp³-hybridized carbons (Fsp3) is 0.348. The minimum atomic E-state index is -0.115. The molecule has 1 aliphatic rings. The van der Waals surface area contributed by atoms with Gasteiger partial charge in [0.25, 0.3) is 0 Å². The summed E-state index contributed by atoms with van der Waals surface area (Å²) >= 11 is 6.14. The van der Waals surface area contributed by atoms with Gasteiger partial charge in [-0.05, 0) is 61.3 Å². The molecule has 1 unspecified atom stereocenters. The number of benzene rings is 2. The molecule has 148 valence electrons. The van der Waals surface area contributed by atoms with E-state index >= 15 is 0 Å². The molecular formula is C23H27ClN2O2. The maximum absolute atomic E-state index is 12.4. The number of carbonyl (C=O) groups excluding carboxylic acids is 1. The Morgan fingerprint density at radius 1 is 1.14 bits per heavy atom. The molecule has 0 saturated carbocycles. The summed E-state index contributed by atoms with van der Waals surface area (Å²) in [5.74, 6) is 0.725. The third-order valence-corrected chi connectivity index (χ3v) is 5.47. The van der Waals surface area contributed by atoms with Crippen molar-refractivity contribution in [2.24, 2.45) is 0 Å². The molecule has 1 N–H and O–H groups in total. The van der Waals surface area contributed by atoms with Gasteiger partial charge in [-0.3, -0.25) is 9.69 Å². The fourth-order valence-electron chi connectivity index (χ4n) is 3.55. The van der Waals surface area contributed by atoms with Crippen LogP contribution in [0.3, 0.4) is 0 Å². The lowest BCUT2D eigenvalue weighted by Gasteiger charge is -2.35. The molecule has 1 aliphatic heterocycles. The van der Waals surface area contributed by atoms with Gasteiger partial charge in [-0.25, -0.2) is 0 Å². The van der Waals surface area contributed by atoms with Gasteiger partial charge in [-0.1, -0.05) is 48.4 Å². The second-order valence-electron chi connectivity index (χ2n) is 6.99. The van der Waals surface area contributed by atoms with Crippen LogP contribution in [0.5, 0.6) is 5.75 Å². The zero-order valence-electron chi connectivity index (χ0n) is 16.2. The SMILES string of the molecule is COc1ccc(C(CNC(=O)/C=C/c2ccccc2Cl)N2CCCCC2)cc1.